The van der Waals surface area contributed by atoms with E-state index >= 15 is 0 Å². The molecule has 3 aliphatic heterocycles. The Kier molecular flexibility index (Phi) is 7.47. The van der Waals surface area contributed by atoms with Gasteiger partial charge in [0, 0.05) is 45.0 Å². The lowest BCUT2D eigenvalue weighted by atomic mass is 9.96. The summed E-state index contributed by atoms with van der Waals surface area (Å²) in [6.45, 7) is 8.13. The van der Waals surface area contributed by atoms with E-state index in [1.165, 1.54) is 57.5 Å². The SMILES string of the molecule is O=C(NCC1CCN(c2ccc(F)cc2)C1)N1CCC(CN2CCCCCC2)CC1. The van der Waals surface area contributed by atoms with E-state index in [9.17, 15) is 9.18 Å². The third kappa shape index (κ3) is 5.87. The smallest absolute Gasteiger partial charge is 0.317 e. The Hall–Kier alpha value is -1.82. The quantitative estimate of drug-likeness (QED) is 0.790. The molecule has 1 unspecified atom stereocenters. The fourth-order valence-electron chi connectivity index (χ4n) is 5.23. The molecule has 0 saturated carbocycles. The number of rotatable bonds is 5. The van der Waals surface area contributed by atoms with Crippen LogP contribution in [0.5, 0.6) is 0 Å². The second kappa shape index (κ2) is 10.5. The van der Waals surface area contributed by atoms with Crippen LogP contribution in [0.4, 0.5) is 14.9 Å². The minimum Gasteiger partial charge on any atom is -0.371 e. The van der Waals surface area contributed by atoms with E-state index in [1.54, 1.807) is 0 Å². The van der Waals surface area contributed by atoms with E-state index in [-0.39, 0.29) is 11.8 Å². The van der Waals surface area contributed by atoms with E-state index < -0.39 is 0 Å². The van der Waals surface area contributed by atoms with Gasteiger partial charge in [0.25, 0.3) is 0 Å². The molecule has 3 heterocycles. The summed E-state index contributed by atoms with van der Waals surface area (Å²) in [5.41, 5.74) is 1.07. The summed E-state index contributed by atoms with van der Waals surface area (Å²) in [4.78, 5) is 19.6. The van der Waals surface area contributed by atoms with Gasteiger partial charge in [-0.2, -0.15) is 0 Å². The maximum atomic E-state index is 13.1. The number of likely N-dealkylation sites (tertiary alicyclic amines) is 2. The molecule has 0 radical (unpaired) electrons. The fraction of sp³-hybridized carbons (Fsp3) is 0.708. The van der Waals surface area contributed by atoms with Crippen LogP contribution in [-0.2, 0) is 0 Å². The van der Waals surface area contributed by atoms with Crippen molar-refractivity contribution in [1.82, 2.24) is 15.1 Å². The van der Waals surface area contributed by atoms with Gasteiger partial charge in [-0.15, -0.1) is 0 Å². The third-order valence-corrected chi connectivity index (χ3v) is 7.14. The Labute approximate surface area is 180 Å². The van der Waals surface area contributed by atoms with Gasteiger partial charge in [-0.05, 0) is 81.3 Å². The first-order chi connectivity index (χ1) is 14.7. The van der Waals surface area contributed by atoms with Gasteiger partial charge in [-0.3, -0.25) is 0 Å². The maximum absolute atomic E-state index is 13.1. The second-order valence-corrected chi connectivity index (χ2v) is 9.41. The van der Waals surface area contributed by atoms with E-state index in [0.29, 0.717) is 5.92 Å². The maximum Gasteiger partial charge on any atom is 0.317 e. The highest BCUT2D eigenvalue weighted by Crippen LogP contribution is 2.24. The van der Waals surface area contributed by atoms with Crippen LogP contribution in [0, 0.1) is 17.7 Å². The lowest BCUT2D eigenvalue weighted by molar-refractivity contribution is 0.147. The molecule has 0 aliphatic carbocycles. The topological polar surface area (TPSA) is 38.8 Å². The first-order valence-corrected chi connectivity index (χ1v) is 11.9. The first kappa shape index (κ1) is 21.4. The van der Waals surface area contributed by atoms with Crippen molar-refractivity contribution in [2.24, 2.45) is 11.8 Å². The number of anilines is 1. The van der Waals surface area contributed by atoms with E-state index in [0.717, 1.165) is 63.6 Å². The van der Waals surface area contributed by atoms with Crippen molar-refractivity contribution in [1.29, 1.82) is 0 Å². The molecular weight excluding hydrogens is 379 g/mol. The first-order valence-electron chi connectivity index (χ1n) is 11.9. The lowest BCUT2D eigenvalue weighted by Crippen LogP contribution is -2.47. The van der Waals surface area contributed by atoms with Gasteiger partial charge < -0.3 is 20.0 Å². The molecule has 1 N–H and O–H groups in total. The molecule has 1 aromatic carbocycles. The summed E-state index contributed by atoms with van der Waals surface area (Å²) < 4.78 is 13.1. The molecule has 2 amide bonds. The van der Waals surface area contributed by atoms with Gasteiger partial charge >= 0.3 is 6.03 Å². The summed E-state index contributed by atoms with van der Waals surface area (Å²) in [6.07, 6.45) is 8.80. The van der Waals surface area contributed by atoms with Crippen LogP contribution in [-0.4, -0.2) is 68.2 Å². The largest absolute Gasteiger partial charge is 0.371 e. The van der Waals surface area contributed by atoms with Crippen LogP contribution in [0.15, 0.2) is 24.3 Å². The molecule has 30 heavy (non-hydrogen) atoms. The van der Waals surface area contributed by atoms with Crippen molar-refractivity contribution in [3.8, 4) is 0 Å². The van der Waals surface area contributed by atoms with Gasteiger partial charge in [-0.1, -0.05) is 12.8 Å². The molecule has 0 aromatic heterocycles. The Morgan fingerprint density at radius 3 is 2.27 bits per heavy atom. The fourth-order valence-corrected chi connectivity index (χ4v) is 5.23. The molecule has 6 heteroatoms. The standard InChI is InChI=1S/C24H37FN4O/c25-22-5-7-23(8-6-22)29-16-11-21(19-29)17-26-24(30)28-14-9-20(10-15-28)18-27-12-3-1-2-4-13-27/h5-8,20-21H,1-4,9-19H2,(H,26,30). The number of nitrogens with zero attached hydrogens (tertiary/aromatic N) is 3. The van der Waals surface area contributed by atoms with Gasteiger partial charge in [-0.25, -0.2) is 9.18 Å². The zero-order chi connectivity index (χ0) is 20.8. The van der Waals surface area contributed by atoms with Crippen molar-refractivity contribution in [3.63, 3.8) is 0 Å². The highest BCUT2D eigenvalue weighted by molar-refractivity contribution is 5.74. The predicted molar refractivity (Wildman–Crippen MR) is 119 cm³/mol. The van der Waals surface area contributed by atoms with E-state index in [1.807, 2.05) is 17.0 Å². The monoisotopic (exact) mass is 416 g/mol. The number of hydrogen-bond donors (Lipinski definition) is 1. The van der Waals surface area contributed by atoms with Gasteiger partial charge in [0.2, 0.25) is 0 Å². The lowest BCUT2D eigenvalue weighted by Gasteiger charge is -2.34. The number of piperidine rings is 1. The molecular formula is C24H37FN4O. The summed E-state index contributed by atoms with van der Waals surface area (Å²) in [7, 11) is 0. The molecule has 3 aliphatic rings. The second-order valence-electron chi connectivity index (χ2n) is 9.41. The minimum absolute atomic E-state index is 0.100. The Morgan fingerprint density at radius 1 is 0.900 bits per heavy atom. The van der Waals surface area contributed by atoms with Crippen molar-refractivity contribution >= 4 is 11.7 Å². The Balaban J connectivity index is 1.14. The number of amides is 2. The number of urea groups is 1. The molecule has 3 fully saturated rings. The average Bonchev–Trinajstić information content (AvgIpc) is 3.09. The Bertz CT molecular complexity index is 666. The molecule has 5 nitrogen and oxygen atoms in total. The van der Waals surface area contributed by atoms with Crippen LogP contribution in [0.25, 0.3) is 0 Å². The number of halogens is 1. The van der Waals surface area contributed by atoms with Gasteiger partial charge in [0.1, 0.15) is 5.82 Å². The van der Waals surface area contributed by atoms with Crippen molar-refractivity contribution < 1.29 is 9.18 Å². The highest BCUT2D eigenvalue weighted by Gasteiger charge is 2.27. The molecule has 0 spiro atoms. The number of carbonyl (C=O) groups is 1. The van der Waals surface area contributed by atoms with E-state index in [4.69, 9.17) is 0 Å². The van der Waals surface area contributed by atoms with Crippen molar-refractivity contribution in [3.05, 3.63) is 30.1 Å². The summed E-state index contributed by atoms with van der Waals surface area (Å²) in [6, 6.07) is 6.81. The summed E-state index contributed by atoms with van der Waals surface area (Å²) in [5.74, 6) is 1.00. The molecule has 4 rings (SSSR count). The zero-order valence-corrected chi connectivity index (χ0v) is 18.2. The molecule has 0 bridgehead atoms. The minimum atomic E-state index is -0.197. The number of hydrogen-bond acceptors (Lipinski definition) is 3. The van der Waals surface area contributed by atoms with Crippen LogP contribution in [0.1, 0.15) is 44.9 Å². The molecule has 166 valence electrons. The predicted octanol–water partition coefficient (Wildman–Crippen LogP) is 3.95. The molecule has 1 atom stereocenters. The van der Waals surface area contributed by atoms with Crippen molar-refractivity contribution in [2.45, 2.75) is 44.9 Å². The number of nitrogens with one attached hydrogen (secondary N) is 1. The third-order valence-electron chi connectivity index (χ3n) is 7.14. The zero-order valence-electron chi connectivity index (χ0n) is 18.2. The van der Waals surface area contributed by atoms with Gasteiger partial charge in [0.15, 0.2) is 0 Å². The summed E-state index contributed by atoms with van der Waals surface area (Å²) in [5, 5.41) is 3.17. The highest BCUT2D eigenvalue weighted by atomic mass is 19.1. The van der Waals surface area contributed by atoms with Crippen LogP contribution in [0.2, 0.25) is 0 Å². The molecule has 3 saturated heterocycles. The number of benzene rings is 1. The van der Waals surface area contributed by atoms with Crippen LogP contribution >= 0.6 is 0 Å². The number of carbonyl (C=O) groups excluding carboxylic acids is 1. The summed E-state index contributed by atoms with van der Waals surface area (Å²) >= 11 is 0. The van der Waals surface area contributed by atoms with Crippen molar-refractivity contribution in [2.75, 3.05) is 57.3 Å². The Morgan fingerprint density at radius 2 is 1.57 bits per heavy atom. The van der Waals surface area contributed by atoms with Crippen LogP contribution < -0.4 is 10.2 Å². The normalized spacial score (nSPS) is 24.1. The van der Waals surface area contributed by atoms with E-state index in [2.05, 4.69) is 15.1 Å². The average molecular weight is 417 g/mol. The van der Waals surface area contributed by atoms with Gasteiger partial charge in [0.05, 0.1) is 0 Å². The molecule has 1 aromatic rings. The van der Waals surface area contributed by atoms with Crippen LogP contribution in [0.3, 0.4) is 0 Å².